The Balaban J connectivity index is 2.85. The van der Waals surface area contributed by atoms with Crippen LogP contribution in [0.2, 0.25) is 0 Å². The summed E-state index contributed by atoms with van der Waals surface area (Å²) in [5, 5.41) is 16.4. The molecule has 0 aliphatic carbocycles. The van der Waals surface area contributed by atoms with Crippen molar-refractivity contribution < 1.29 is 13.3 Å². The molecule has 10 heteroatoms. The second-order valence-corrected chi connectivity index (χ2v) is 6.35. The minimum Gasteiger partial charge on any atom is -0.363 e. The predicted molar refractivity (Wildman–Crippen MR) is 75.7 cm³/mol. The predicted octanol–water partition coefficient (Wildman–Crippen LogP) is 0.663. The zero-order valence-corrected chi connectivity index (χ0v) is 12.1. The minimum atomic E-state index is -3.13. The molecule has 1 heterocycles. The zero-order valence-electron chi connectivity index (χ0n) is 11.3. The van der Waals surface area contributed by atoms with Gasteiger partial charge in [0, 0.05) is 18.8 Å². The molecule has 0 saturated carbocycles. The molecule has 0 saturated heterocycles. The van der Waals surface area contributed by atoms with Crippen LogP contribution >= 0.6 is 0 Å². The number of rotatable bonds is 8. The molecule has 0 spiro atoms. The summed E-state index contributed by atoms with van der Waals surface area (Å²) in [6.45, 7) is 4.01. The van der Waals surface area contributed by atoms with E-state index in [-0.39, 0.29) is 35.5 Å². The average molecular weight is 303 g/mol. The second kappa shape index (κ2) is 6.98. The molecule has 0 amide bonds. The van der Waals surface area contributed by atoms with Gasteiger partial charge in [-0.2, -0.15) is 4.98 Å². The van der Waals surface area contributed by atoms with E-state index in [0.29, 0.717) is 6.54 Å². The van der Waals surface area contributed by atoms with Crippen molar-refractivity contribution in [1.29, 1.82) is 0 Å². The average Bonchev–Trinajstić information content (AvgIpc) is 2.39. The maximum absolute atomic E-state index is 11.4. The zero-order chi connectivity index (χ0) is 15.2. The first-order valence-electron chi connectivity index (χ1n) is 6.09. The number of nitro groups is 1. The molecule has 0 radical (unpaired) electrons. The van der Waals surface area contributed by atoms with E-state index >= 15 is 0 Å². The molecule has 0 atom stereocenters. The highest BCUT2D eigenvalue weighted by atomic mass is 32.2. The lowest BCUT2D eigenvalue weighted by molar-refractivity contribution is -0.384. The van der Waals surface area contributed by atoms with Crippen molar-refractivity contribution in [3.8, 4) is 0 Å². The molecule has 0 unspecified atom stereocenters. The third-order valence-corrected chi connectivity index (χ3v) is 4.15. The van der Waals surface area contributed by atoms with Crippen LogP contribution in [0.5, 0.6) is 0 Å². The van der Waals surface area contributed by atoms with Crippen LogP contribution in [-0.4, -0.2) is 47.9 Å². The summed E-state index contributed by atoms with van der Waals surface area (Å²) < 4.78 is 22.7. The van der Waals surface area contributed by atoms with E-state index in [0.717, 1.165) is 6.20 Å². The summed E-state index contributed by atoms with van der Waals surface area (Å²) in [6, 6.07) is 0. The highest BCUT2D eigenvalue weighted by molar-refractivity contribution is 7.91. The molecule has 1 rings (SSSR count). The Morgan fingerprint density at radius 2 is 2.05 bits per heavy atom. The number of nitrogens with one attached hydrogen (secondary N) is 2. The van der Waals surface area contributed by atoms with Crippen LogP contribution in [0.15, 0.2) is 6.20 Å². The largest absolute Gasteiger partial charge is 0.363 e. The number of sulfone groups is 1. The summed E-state index contributed by atoms with van der Waals surface area (Å²) in [5.41, 5.74) is -0.291. The Morgan fingerprint density at radius 3 is 2.60 bits per heavy atom. The molecule has 0 aliphatic rings. The Kier molecular flexibility index (Phi) is 5.62. The summed E-state index contributed by atoms with van der Waals surface area (Å²) in [5.74, 6) is 0.177. The topological polar surface area (TPSA) is 127 Å². The van der Waals surface area contributed by atoms with Crippen LogP contribution in [0.4, 0.5) is 17.5 Å². The molecule has 1 aromatic heterocycles. The van der Waals surface area contributed by atoms with Gasteiger partial charge in [-0.3, -0.25) is 10.1 Å². The third kappa shape index (κ3) is 4.61. The number of hydrogen-bond donors (Lipinski definition) is 2. The van der Waals surface area contributed by atoms with E-state index in [1.807, 2.05) is 6.92 Å². The molecule has 0 aromatic carbocycles. The standard InChI is InChI=1S/C10H17N5O4S/c1-3-11-10-13-7-8(15(16)17)9(14-10)12-5-6-20(18,19)4-2/h7H,3-6H2,1-2H3,(H2,11,12,13,14). The fourth-order valence-electron chi connectivity index (χ4n) is 1.35. The Labute approximate surface area is 116 Å². The van der Waals surface area contributed by atoms with E-state index in [2.05, 4.69) is 20.6 Å². The van der Waals surface area contributed by atoms with Crippen LogP contribution in [0, 0.1) is 10.1 Å². The summed E-state index contributed by atoms with van der Waals surface area (Å²) in [7, 11) is -3.13. The lowest BCUT2D eigenvalue weighted by Crippen LogP contribution is -2.18. The fourth-order valence-corrected chi connectivity index (χ4v) is 2.05. The molecular formula is C10H17N5O4S. The van der Waals surface area contributed by atoms with Gasteiger partial charge in [-0.25, -0.2) is 13.4 Å². The van der Waals surface area contributed by atoms with Crippen LogP contribution in [0.3, 0.4) is 0 Å². The summed E-state index contributed by atoms with van der Waals surface area (Å²) >= 11 is 0. The van der Waals surface area contributed by atoms with Crippen molar-refractivity contribution in [3.05, 3.63) is 16.3 Å². The number of aromatic nitrogens is 2. The first-order valence-corrected chi connectivity index (χ1v) is 7.91. The quantitative estimate of drug-likeness (QED) is 0.529. The van der Waals surface area contributed by atoms with Crippen LogP contribution < -0.4 is 10.6 Å². The highest BCUT2D eigenvalue weighted by Crippen LogP contribution is 2.21. The molecule has 20 heavy (non-hydrogen) atoms. The van der Waals surface area contributed by atoms with Gasteiger partial charge >= 0.3 is 5.69 Å². The van der Waals surface area contributed by atoms with Crippen molar-refractivity contribution in [2.24, 2.45) is 0 Å². The normalized spacial score (nSPS) is 11.1. The molecule has 1 aromatic rings. The van der Waals surface area contributed by atoms with Crippen molar-refractivity contribution in [3.63, 3.8) is 0 Å². The lowest BCUT2D eigenvalue weighted by atomic mass is 10.4. The SMILES string of the molecule is CCNc1ncc([N+](=O)[O-])c(NCCS(=O)(=O)CC)n1. The van der Waals surface area contributed by atoms with E-state index in [4.69, 9.17) is 0 Å². The second-order valence-electron chi connectivity index (χ2n) is 3.88. The Hall–Kier alpha value is -1.97. The van der Waals surface area contributed by atoms with Gasteiger partial charge in [0.25, 0.3) is 0 Å². The van der Waals surface area contributed by atoms with E-state index in [1.165, 1.54) is 0 Å². The van der Waals surface area contributed by atoms with Crippen molar-refractivity contribution in [2.75, 3.05) is 35.2 Å². The molecule has 0 aliphatic heterocycles. The van der Waals surface area contributed by atoms with Crippen molar-refractivity contribution in [2.45, 2.75) is 13.8 Å². The first-order chi connectivity index (χ1) is 9.39. The third-order valence-electron chi connectivity index (χ3n) is 2.45. The van der Waals surface area contributed by atoms with Crippen LogP contribution in [-0.2, 0) is 9.84 Å². The van der Waals surface area contributed by atoms with Gasteiger partial charge in [-0.15, -0.1) is 0 Å². The van der Waals surface area contributed by atoms with Crippen LogP contribution in [0.25, 0.3) is 0 Å². The fraction of sp³-hybridized carbons (Fsp3) is 0.600. The van der Waals surface area contributed by atoms with Gasteiger partial charge in [0.1, 0.15) is 6.20 Å². The minimum absolute atomic E-state index is 0.00672. The molecule has 0 bridgehead atoms. The molecule has 2 N–H and O–H groups in total. The first kappa shape index (κ1) is 16.1. The Morgan fingerprint density at radius 1 is 1.35 bits per heavy atom. The highest BCUT2D eigenvalue weighted by Gasteiger charge is 2.17. The summed E-state index contributed by atoms with van der Waals surface area (Å²) in [6.07, 6.45) is 1.08. The smallest absolute Gasteiger partial charge is 0.329 e. The van der Waals surface area contributed by atoms with Crippen LogP contribution in [0.1, 0.15) is 13.8 Å². The maximum Gasteiger partial charge on any atom is 0.329 e. The Bertz CT molecular complexity index is 575. The van der Waals surface area contributed by atoms with Gasteiger partial charge in [0.2, 0.25) is 11.8 Å². The maximum atomic E-state index is 11.4. The molecule has 0 fully saturated rings. The van der Waals surface area contributed by atoms with Gasteiger partial charge < -0.3 is 10.6 Å². The number of nitrogens with zero attached hydrogens (tertiary/aromatic N) is 3. The molecular weight excluding hydrogens is 286 g/mol. The molecule has 112 valence electrons. The van der Waals surface area contributed by atoms with E-state index in [9.17, 15) is 18.5 Å². The van der Waals surface area contributed by atoms with Crippen molar-refractivity contribution in [1.82, 2.24) is 9.97 Å². The van der Waals surface area contributed by atoms with E-state index < -0.39 is 14.8 Å². The number of hydrogen-bond acceptors (Lipinski definition) is 8. The van der Waals surface area contributed by atoms with Crippen molar-refractivity contribution >= 4 is 27.3 Å². The van der Waals surface area contributed by atoms with Gasteiger partial charge in [-0.05, 0) is 6.92 Å². The summed E-state index contributed by atoms with van der Waals surface area (Å²) in [4.78, 5) is 18.0. The van der Waals surface area contributed by atoms with Gasteiger partial charge in [0.05, 0.1) is 10.7 Å². The molecule has 9 nitrogen and oxygen atoms in total. The van der Waals surface area contributed by atoms with E-state index in [1.54, 1.807) is 6.92 Å². The van der Waals surface area contributed by atoms with Gasteiger partial charge in [-0.1, -0.05) is 6.92 Å². The number of anilines is 2. The monoisotopic (exact) mass is 303 g/mol. The van der Waals surface area contributed by atoms with Gasteiger partial charge in [0.15, 0.2) is 9.84 Å². The lowest BCUT2D eigenvalue weighted by Gasteiger charge is -2.08.